The summed E-state index contributed by atoms with van der Waals surface area (Å²) < 4.78 is 1.88. The average Bonchev–Trinajstić information content (AvgIpc) is 2.74. The molecule has 2 aromatic heterocycles. The Kier molecular flexibility index (Phi) is 4.01. The average molecular weight is 354 g/mol. The molecular formula is C24H22N2O. The molecule has 0 unspecified atom stereocenters. The summed E-state index contributed by atoms with van der Waals surface area (Å²) in [4.78, 5) is 18.2. The van der Waals surface area contributed by atoms with Gasteiger partial charge < -0.3 is 0 Å². The summed E-state index contributed by atoms with van der Waals surface area (Å²) in [5, 5.41) is 2.17. The number of hydrogen-bond donors (Lipinski definition) is 0. The minimum atomic E-state index is 0.110. The largest absolute Gasteiger partial charge is 0.274 e. The molecule has 4 aromatic rings. The van der Waals surface area contributed by atoms with Crippen LogP contribution in [0.3, 0.4) is 0 Å². The second-order valence-corrected chi connectivity index (χ2v) is 7.49. The molecule has 5 rings (SSSR count). The Labute approximate surface area is 158 Å². The van der Waals surface area contributed by atoms with Crippen LogP contribution in [0.4, 0.5) is 0 Å². The first kappa shape index (κ1) is 16.2. The maximum atomic E-state index is 13.7. The van der Waals surface area contributed by atoms with Crippen LogP contribution in [0, 0.1) is 0 Å². The van der Waals surface area contributed by atoms with Crippen molar-refractivity contribution in [3.8, 4) is 5.69 Å². The van der Waals surface area contributed by atoms with E-state index in [1.54, 1.807) is 6.20 Å². The lowest BCUT2D eigenvalue weighted by Crippen LogP contribution is -2.25. The van der Waals surface area contributed by atoms with Crippen molar-refractivity contribution in [1.82, 2.24) is 9.55 Å². The van der Waals surface area contributed by atoms with Crippen molar-refractivity contribution in [3.63, 3.8) is 0 Å². The SMILES string of the molecule is O=c1c(C2CCCCC2)cc2ccccc2n1-c1cccc2cccnc12. The molecule has 27 heavy (non-hydrogen) atoms. The van der Waals surface area contributed by atoms with Crippen LogP contribution < -0.4 is 5.56 Å². The first-order valence-corrected chi connectivity index (χ1v) is 9.82. The monoisotopic (exact) mass is 354 g/mol. The molecule has 1 saturated carbocycles. The third kappa shape index (κ3) is 2.74. The lowest BCUT2D eigenvalue weighted by molar-refractivity contribution is 0.441. The van der Waals surface area contributed by atoms with Crippen LogP contribution in [-0.4, -0.2) is 9.55 Å². The Morgan fingerprint density at radius 3 is 2.52 bits per heavy atom. The van der Waals surface area contributed by atoms with E-state index >= 15 is 0 Å². The minimum Gasteiger partial charge on any atom is -0.274 e. The summed E-state index contributed by atoms with van der Waals surface area (Å²) in [6, 6.07) is 20.4. The fourth-order valence-electron chi connectivity index (χ4n) is 4.49. The van der Waals surface area contributed by atoms with E-state index in [9.17, 15) is 4.79 Å². The molecular weight excluding hydrogens is 332 g/mol. The van der Waals surface area contributed by atoms with Crippen LogP contribution in [0.25, 0.3) is 27.5 Å². The molecule has 0 radical (unpaired) electrons. The molecule has 0 bridgehead atoms. The first-order chi connectivity index (χ1) is 13.3. The van der Waals surface area contributed by atoms with Gasteiger partial charge in [0.1, 0.15) is 0 Å². The molecule has 2 heterocycles. The van der Waals surface area contributed by atoms with E-state index in [2.05, 4.69) is 17.1 Å². The third-order valence-corrected chi connectivity index (χ3v) is 5.84. The quantitative estimate of drug-likeness (QED) is 0.470. The summed E-state index contributed by atoms with van der Waals surface area (Å²) in [5.74, 6) is 0.366. The number of rotatable bonds is 2. The van der Waals surface area contributed by atoms with Gasteiger partial charge in [0.15, 0.2) is 0 Å². The van der Waals surface area contributed by atoms with E-state index in [0.29, 0.717) is 5.92 Å². The molecule has 1 fully saturated rings. The number of aromatic nitrogens is 2. The highest BCUT2D eigenvalue weighted by Gasteiger charge is 2.21. The maximum absolute atomic E-state index is 13.7. The van der Waals surface area contributed by atoms with E-state index < -0.39 is 0 Å². The second-order valence-electron chi connectivity index (χ2n) is 7.49. The van der Waals surface area contributed by atoms with Crippen molar-refractivity contribution in [1.29, 1.82) is 0 Å². The van der Waals surface area contributed by atoms with Crippen molar-refractivity contribution in [2.75, 3.05) is 0 Å². The summed E-state index contributed by atoms with van der Waals surface area (Å²) in [6.45, 7) is 0. The minimum absolute atomic E-state index is 0.110. The number of hydrogen-bond acceptors (Lipinski definition) is 2. The van der Waals surface area contributed by atoms with Crippen molar-refractivity contribution < 1.29 is 0 Å². The lowest BCUT2D eigenvalue weighted by atomic mass is 9.84. The predicted molar refractivity (Wildman–Crippen MR) is 111 cm³/mol. The summed E-state index contributed by atoms with van der Waals surface area (Å²) in [5.41, 5.74) is 3.75. The summed E-state index contributed by atoms with van der Waals surface area (Å²) >= 11 is 0. The van der Waals surface area contributed by atoms with Crippen LogP contribution in [0.2, 0.25) is 0 Å². The Morgan fingerprint density at radius 2 is 1.63 bits per heavy atom. The van der Waals surface area contributed by atoms with Crippen molar-refractivity contribution in [2.24, 2.45) is 0 Å². The molecule has 0 amide bonds. The normalized spacial score (nSPS) is 15.4. The van der Waals surface area contributed by atoms with E-state index in [0.717, 1.165) is 45.9 Å². The highest BCUT2D eigenvalue weighted by atomic mass is 16.1. The lowest BCUT2D eigenvalue weighted by Gasteiger charge is -2.23. The molecule has 134 valence electrons. The smallest absolute Gasteiger partial charge is 0.259 e. The Hall–Kier alpha value is -2.94. The number of benzene rings is 2. The molecule has 1 aliphatic carbocycles. The molecule has 0 aliphatic heterocycles. The van der Waals surface area contributed by atoms with Gasteiger partial charge in [0.25, 0.3) is 5.56 Å². The molecule has 3 heteroatoms. The van der Waals surface area contributed by atoms with Gasteiger partial charge in [-0.1, -0.05) is 55.7 Å². The van der Waals surface area contributed by atoms with Gasteiger partial charge in [-0.3, -0.25) is 14.3 Å². The highest BCUT2D eigenvalue weighted by Crippen LogP contribution is 2.33. The number of para-hydroxylation sites is 2. The fraction of sp³-hybridized carbons (Fsp3) is 0.250. The van der Waals surface area contributed by atoms with Gasteiger partial charge in [0, 0.05) is 17.1 Å². The van der Waals surface area contributed by atoms with Crippen molar-refractivity contribution in [3.05, 3.63) is 82.8 Å². The van der Waals surface area contributed by atoms with Gasteiger partial charge in [0.05, 0.1) is 16.7 Å². The standard InChI is InChI=1S/C24H22N2O/c27-24-20(17-8-2-1-3-9-17)16-19-10-4-5-13-21(19)26(24)22-14-6-11-18-12-7-15-25-23(18)22/h4-7,10-17H,1-3,8-9H2. The van der Waals surface area contributed by atoms with Gasteiger partial charge in [-0.05, 0) is 48.4 Å². The zero-order valence-corrected chi connectivity index (χ0v) is 15.3. The van der Waals surface area contributed by atoms with E-state index in [1.807, 2.05) is 53.1 Å². The van der Waals surface area contributed by atoms with Gasteiger partial charge in [-0.15, -0.1) is 0 Å². The number of nitrogens with zero attached hydrogens (tertiary/aromatic N) is 2. The molecule has 3 nitrogen and oxygen atoms in total. The predicted octanol–water partition coefficient (Wildman–Crippen LogP) is 5.59. The van der Waals surface area contributed by atoms with Crippen LogP contribution in [0.15, 0.2) is 71.7 Å². The summed E-state index contributed by atoms with van der Waals surface area (Å²) in [7, 11) is 0. The second kappa shape index (κ2) is 6.66. The Bertz CT molecular complexity index is 1180. The van der Waals surface area contributed by atoms with Crippen LogP contribution >= 0.6 is 0 Å². The van der Waals surface area contributed by atoms with Crippen molar-refractivity contribution >= 4 is 21.8 Å². The summed E-state index contributed by atoms with van der Waals surface area (Å²) in [6.07, 6.45) is 7.73. The molecule has 0 N–H and O–H groups in total. The zero-order chi connectivity index (χ0) is 18.2. The van der Waals surface area contributed by atoms with Crippen molar-refractivity contribution in [2.45, 2.75) is 38.0 Å². The molecule has 0 atom stereocenters. The number of fused-ring (bicyclic) bond motifs is 2. The molecule has 0 spiro atoms. The van der Waals surface area contributed by atoms with Crippen LogP contribution in [0.5, 0.6) is 0 Å². The maximum Gasteiger partial charge on any atom is 0.259 e. The van der Waals surface area contributed by atoms with Gasteiger partial charge >= 0.3 is 0 Å². The van der Waals surface area contributed by atoms with Crippen LogP contribution in [-0.2, 0) is 0 Å². The van der Waals surface area contributed by atoms with Gasteiger partial charge in [-0.25, -0.2) is 0 Å². The first-order valence-electron chi connectivity index (χ1n) is 9.82. The van der Waals surface area contributed by atoms with Crippen LogP contribution in [0.1, 0.15) is 43.6 Å². The third-order valence-electron chi connectivity index (χ3n) is 5.84. The zero-order valence-electron chi connectivity index (χ0n) is 15.3. The van der Waals surface area contributed by atoms with E-state index in [-0.39, 0.29) is 5.56 Å². The molecule has 1 aliphatic rings. The van der Waals surface area contributed by atoms with E-state index in [1.165, 1.54) is 19.3 Å². The highest BCUT2D eigenvalue weighted by molar-refractivity contribution is 5.90. The molecule has 2 aromatic carbocycles. The molecule has 0 saturated heterocycles. The Balaban J connectivity index is 1.85. The Morgan fingerprint density at radius 1 is 0.852 bits per heavy atom. The topological polar surface area (TPSA) is 34.9 Å². The van der Waals surface area contributed by atoms with E-state index in [4.69, 9.17) is 0 Å². The van der Waals surface area contributed by atoms with Gasteiger partial charge in [-0.2, -0.15) is 0 Å². The number of pyridine rings is 2. The fourth-order valence-corrected chi connectivity index (χ4v) is 4.49. The van der Waals surface area contributed by atoms with Gasteiger partial charge in [0.2, 0.25) is 0 Å².